The second-order valence-corrected chi connectivity index (χ2v) is 4.35. The first-order valence-electron chi connectivity index (χ1n) is 5.29. The molecule has 0 saturated heterocycles. The van der Waals surface area contributed by atoms with Gasteiger partial charge in [-0.2, -0.15) is 4.98 Å². The smallest absolute Gasteiger partial charge is 0.213 e. The van der Waals surface area contributed by atoms with E-state index in [1.807, 2.05) is 0 Å². The number of aromatic nitrogens is 2. The standard InChI is InChI=1S/C10H17N3O/c1-7-3-2-4-8(5-7)9(11)10-12-6-14-13-10/h6-9H,2-5,11H2,1H3. The van der Waals surface area contributed by atoms with E-state index in [4.69, 9.17) is 10.3 Å². The van der Waals surface area contributed by atoms with Crippen molar-refractivity contribution in [2.45, 2.75) is 38.6 Å². The van der Waals surface area contributed by atoms with E-state index < -0.39 is 0 Å². The van der Waals surface area contributed by atoms with Gasteiger partial charge in [-0.1, -0.05) is 24.9 Å². The molecule has 0 radical (unpaired) electrons. The Labute approximate surface area is 83.9 Å². The van der Waals surface area contributed by atoms with Gasteiger partial charge < -0.3 is 10.3 Å². The Morgan fingerprint density at radius 2 is 2.43 bits per heavy atom. The van der Waals surface area contributed by atoms with E-state index >= 15 is 0 Å². The van der Waals surface area contributed by atoms with E-state index in [2.05, 4.69) is 17.1 Å². The van der Waals surface area contributed by atoms with Gasteiger partial charge in [0.05, 0.1) is 6.04 Å². The summed E-state index contributed by atoms with van der Waals surface area (Å²) in [5, 5.41) is 3.81. The number of rotatable bonds is 2. The normalized spacial score (nSPS) is 30.1. The lowest BCUT2D eigenvalue weighted by molar-refractivity contribution is 0.240. The molecule has 4 heteroatoms. The van der Waals surface area contributed by atoms with Crippen LogP contribution in [0.5, 0.6) is 0 Å². The molecule has 0 aromatic carbocycles. The van der Waals surface area contributed by atoms with Crippen LogP contribution in [0, 0.1) is 11.8 Å². The molecule has 14 heavy (non-hydrogen) atoms. The average molecular weight is 195 g/mol. The summed E-state index contributed by atoms with van der Waals surface area (Å²) in [6.45, 7) is 2.29. The Bertz CT molecular complexity index is 273. The monoisotopic (exact) mass is 195 g/mol. The Kier molecular flexibility index (Phi) is 2.82. The third-order valence-electron chi connectivity index (χ3n) is 3.16. The SMILES string of the molecule is CC1CCCC(C(N)c2ncon2)C1. The molecule has 1 saturated carbocycles. The first-order chi connectivity index (χ1) is 6.77. The van der Waals surface area contributed by atoms with Crippen LogP contribution in [0.1, 0.15) is 44.5 Å². The van der Waals surface area contributed by atoms with Gasteiger partial charge in [-0.3, -0.25) is 0 Å². The first-order valence-corrected chi connectivity index (χ1v) is 5.29. The molecule has 1 aliphatic carbocycles. The summed E-state index contributed by atoms with van der Waals surface area (Å²) in [5.41, 5.74) is 6.09. The Hall–Kier alpha value is -0.900. The molecule has 1 fully saturated rings. The molecular formula is C10H17N3O. The summed E-state index contributed by atoms with van der Waals surface area (Å²) in [4.78, 5) is 4.01. The first kappa shape index (κ1) is 9.65. The van der Waals surface area contributed by atoms with Crippen LogP contribution in [0.2, 0.25) is 0 Å². The molecule has 0 amide bonds. The van der Waals surface area contributed by atoms with Crippen LogP contribution in [0.4, 0.5) is 0 Å². The van der Waals surface area contributed by atoms with Gasteiger partial charge in [0, 0.05) is 0 Å². The van der Waals surface area contributed by atoms with Crippen molar-refractivity contribution >= 4 is 0 Å². The molecule has 2 N–H and O–H groups in total. The predicted molar refractivity (Wildman–Crippen MR) is 52.3 cm³/mol. The highest BCUT2D eigenvalue weighted by Crippen LogP contribution is 2.34. The fourth-order valence-corrected chi connectivity index (χ4v) is 2.34. The number of nitrogens with two attached hydrogens (primary N) is 1. The van der Waals surface area contributed by atoms with Gasteiger partial charge in [-0.05, 0) is 24.7 Å². The minimum atomic E-state index is -0.0449. The van der Waals surface area contributed by atoms with Crippen LogP contribution in [0.3, 0.4) is 0 Å². The van der Waals surface area contributed by atoms with Crippen molar-refractivity contribution in [3.8, 4) is 0 Å². The van der Waals surface area contributed by atoms with Crippen molar-refractivity contribution in [3.63, 3.8) is 0 Å². The maximum absolute atomic E-state index is 6.09. The van der Waals surface area contributed by atoms with Crippen LogP contribution in [-0.2, 0) is 0 Å². The molecule has 3 atom stereocenters. The van der Waals surface area contributed by atoms with Crippen LogP contribution in [0.25, 0.3) is 0 Å². The maximum Gasteiger partial charge on any atom is 0.213 e. The Morgan fingerprint density at radius 3 is 3.07 bits per heavy atom. The summed E-state index contributed by atoms with van der Waals surface area (Å²) in [5.74, 6) is 1.96. The minimum Gasteiger partial charge on any atom is -0.343 e. The van der Waals surface area contributed by atoms with Crippen LogP contribution >= 0.6 is 0 Å². The zero-order valence-electron chi connectivity index (χ0n) is 8.52. The largest absolute Gasteiger partial charge is 0.343 e. The fourth-order valence-electron chi connectivity index (χ4n) is 2.34. The van der Waals surface area contributed by atoms with Gasteiger partial charge in [0.1, 0.15) is 0 Å². The predicted octanol–water partition coefficient (Wildman–Crippen LogP) is 1.90. The van der Waals surface area contributed by atoms with Crippen LogP contribution in [-0.4, -0.2) is 10.1 Å². The second kappa shape index (κ2) is 4.09. The summed E-state index contributed by atoms with van der Waals surface area (Å²) in [6.07, 6.45) is 6.34. The molecule has 0 spiro atoms. The zero-order valence-corrected chi connectivity index (χ0v) is 8.52. The highest BCUT2D eigenvalue weighted by atomic mass is 16.5. The van der Waals surface area contributed by atoms with Gasteiger partial charge in [-0.15, -0.1) is 0 Å². The number of nitrogens with zero attached hydrogens (tertiary/aromatic N) is 2. The second-order valence-electron chi connectivity index (χ2n) is 4.35. The topological polar surface area (TPSA) is 64.9 Å². The lowest BCUT2D eigenvalue weighted by Gasteiger charge is -2.29. The molecule has 1 aromatic rings. The highest BCUT2D eigenvalue weighted by Gasteiger charge is 2.27. The molecule has 1 heterocycles. The van der Waals surface area contributed by atoms with E-state index in [0.29, 0.717) is 11.7 Å². The highest BCUT2D eigenvalue weighted by molar-refractivity contribution is 4.93. The molecule has 3 unspecified atom stereocenters. The Morgan fingerprint density at radius 1 is 1.57 bits per heavy atom. The molecule has 2 rings (SSSR count). The Balaban J connectivity index is 2.00. The van der Waals surface area contributed by atoms with Gasteiger partial charge >= 0.3 is 0 Å². The molecule has 1 aliphatic rings. The van der Waals surface area contributed by atoms with Crippen molar-refractivity contribution in [2.75, 3.05) is 0 Å². The van der Waals surface area contributed by atoms with Crippen molar-refractivity contribution < 1.29 is 4.52 Å². The van der Waals surface area contributed by atoms with Gasteiger partial charge in [-0.25, -0.2) is 0 Å². The van der Waals surface area contributed by atoms with Gasteiger partial charge in [0.2, 0.25) is 6.39 Å². The number of hydrogen-bond donors (Lipinski definition) is 1. The van der Waals surface area contributed by atoms with E-state index in [0.717, 1.165) is 5.92 Å². The lowest BCUT2D eigenvalue weighted by atomic mass is 9.78. The average Bonchev–Trinajstić information content (AvgIpc) is 2.69. The third kappa shape index (κ3) is 1.95. The summed E-state index contributed by atoms with van der Waals surface area (Å²) >= 11 is 0. The third-order valence-corrected chi connectivity index (χ3v) is 3.16. The van der Waals surface area contributed by atoms with E-state index in [-0.39, 0.29) is 6.04 Å². The molecule has 4 nitrogen and oxygen atoms in total. The summed E-state index contributed by atoms with van der Waals surface area (Å²) in [6, 6.07) is -0.0449. The molecule has 0 aliphatic heterocycles. The minimum absolute atomic E-state index is 0.0449. The summed E-state index contributed by atoms with van der Waals surface area (Å²) < 4.78 is 4.71. The van der Waals surface area contributed by atoms with E-state index in [1.54, 1.807) is 0 Å². The molecule has 78 valence electrons. The molecule has 0 bridgehead atoms. The zero-order chi connectivity index (χ0) is 9.97. The van der Waals surface area contributed by atoms with Crippen LogP contribution in [0.15, 0.2) is 10.9 Å². The lowest BCUT2D eigenvalue weighted by Crippen LogP contribution is -2.27. The van der Waals surface area contributed by atoms with E-state index in [9.17, 15) is 0 Å². The van der Waals surface area contributed by atoms with Crippen molar-refractivity contribution in [3.05, 3.63) is 12.2 Å². The fraction of sp³-hybridized carbons (Fsp3) is 0.800. The van der Waals surface area contributed by atoms with Crippen LogP contribution < -0.4 is 5.73 Å². The van der Waals surface area contributed by atoms with Gasteiger partial charge in [0.25, 0.3) is 0 Å². The maximum atomic E-state index is 6.09. The van der Waals surface area contributed by atoms with E-state index in [1.165, 1.54) is 32.1 Å². The summed E-state index contributed by atoms with van der Waals surface area (Å²) in [7, 11) is 0. The molecular weight excluding hydrogens is 178 g/mol. The number of hydrogen-bond acceptors (Lipinski definition) is 4. The van der Waals surface area contributed by atoms with Crippen molar-refractivity contribution in [2.24, 2.45) is 17.6 Å². The van der Waals surface area contributed by atoms with Gasteiger partial charge in [0.15, 0.2) is 5.82 Å². The molecule has 1 aromatic heterocycles. The quantitative estimate of drug-likeness (QED) is 0.782. The van der Waals surface area contributed by atoms with Crippen molar-refractivity contribution in [1.82, 2.24) is 10.1 Å². The van der Waals surface area contributed by atoms with Crippen molar-refractivity contribution in [1.29, 1.82) is 0 Å².